The van der Waals surface area contributed by atoms with E-state index in [1.807, 2.05) is 48.5 Å². The lowest BCUT2D eigenvalue weighted by molar-refractivity contribution is -0.119. The number of rotatable bonds is 9. The van der Waals surface area contributed by atoms with Crippen LogP contribution in [-0.4, -0.2) is 11.6 Å². The molecule has 0 radical (unpaired) electrons. The van der Waals surface area contributed by atoms with Crippen molar-refractivity contribution in [3.05, 3.63) is 66.2 Å². The molecule has 0 aliphatic carbocycles. The predicted molar refractivity (Wildman–Crippen MR) is 108 cm³/mol. The summed E-state index contributed by atoms with van der Waals surface area (Å²) < 4.78 is 0. The molecule has 0 bridgehead atoms. The lowest BCUT2D eigenvalue weighted by Crippen LogP contribution is -2.27. The molecule has 0 N–H and O–H groups in total. The van der Waals surface area contributed by atoms with E-state index in [0.717, 1.165) is 29.8 Å². The number of benzene rings is 2. The van der Waals surface area contributed by atoms with Gasteiger partial charge in [-0.3, -0.25) is 4.79 Å². The number of para-hydroxylation sites is 1. The summed E-state index contributed by atoms with van der Waals surface area (Å²) >= 11 is 0. The molecule has 2 aromatic carbocycles. The van der Waals surface area contributed by atoms with Gasteiger partial charge in [-0.05, 0) is 24.1 Å². The van der Waals surface area contributed by atoms with Crippen molar-refractivity contribution in [2.75, 3.05) is 5.01 Å². The van der Waals surface area contributed by atoms with Crippen LogP contribution in [-0.2, 0) is 4.79 Å². The van der Waals surface area contributed by atoms with Crippen LogP contribution in [0.15, 0.2) is 65.8 Å². The fraction of sp³-hybridized carbons (Fsp3) is 0.391. The van der Waals surface area contributed by atoms with Gasteiger partial charge in [-0.1, -0.05) is 94.0 Å². The van der Waals surface area contributed by atoms with Crippen molar-refractivity contribution in [2.24, 2.45) is 11.0 Å². The van der Waals surface area contributed by atoms with E-state index < -0.39 is 0 Å². The largest absolute Gasteiger partial charge is 0.272 e. The Balaban J connectivity index is 1.73. The number of nitrogens with zero attached hydrogens (tertiary/aromatic N) is 2. The molecule has 0 saturated carbocycles. The molecule has 26 heavy (non-hydrogen) atoms. The van der Waals surface area contributed by atoms with Crippen LogP contribution in [0.1, 0.15) is 57.4 Å². The van der Waals surface area contributed by atoms with E-state index in [-0.39, 0.29) is 11.8 Å². The highest BCUT2D eigenvalue weighted by Crippen LogP contribution is 2.29. The molecule has 1 aliphatic rings. The lowest BCUT2D eigenvalue weighted by Gasteiger charge is -2.14. The molecule has 136 valence electrons. The summed E-state index contributed by atoms with van der Waals surface area (Å²) in [6, 6.07) is 19.9. The van der Waals surface area contributed by atoms with E-state index >= 15 is 0 Å². The third kappa shape index (κ3) is 4.40. The molecule has 1 aliphatic heterocycles. The maximum atomic E-state index is 13.1. The molecule has 1 amide bonds. The maximum Gasteiger partial charge on any atom is 0.256 e. The predicted octanol–water partition coefficient (Wildman–Crippen LogP) is 5.80. The highest BCUT2D eigenvalue weighted by atomic mass is 16.2. The molecule has 0 spiro atoms. The van der Waals surface area contributed by atoms with Gasteiger partial charge in [-0.25, -0.2) is 0 Å². The van der Waals surface area contributed by atoms with Crippen molar-refractivity contribution < 1.29 is 4.79 Å². The summed E-state index contributed by atoms with van der Waals surface area (Å²) in [5.74, 6) is -0.0348. The molecule has 3 rings (SSSR count). The minimum Gasteiger partial charge on any atom is -0.272 e. The van der Waals surface area contributed by atoms with E-state index in [1.165, 1.54) is 32.1 Å². The highest BCUT2D eigenvalue weighted by molar-refractivity contribution is 6.21. The molecule has 0 aromatic heterocycles. The zero-order valence-corrected chi connectivity index (χ0v) is 15.6. The van der Waals surface area contributed by atoms with Crippen LogP contribution in [0.25, 0.3) is 0 Å². The molecule has 0 fully saturated rings. The second-order valence-corrected chi connectivity index (χ2v) is 6.95. The Kier molecular flexibility index (Phi) is 6.59. The first kappa shape index (κ1) is 18.4. The fourth-order valence-corrected chi connectivity index (χ4v) is 3.50. The van der Waals surface area contributed by atoms with Gasteiger partial charge in [0.05, 0.1) is 17.3 Å². The van der Waals surface area contributed by atoms with Gasteiger partial charge in [0.2, 0.25) is 0 Å². The third-order valence-corrected chi connectivity index (χ3v) is 4.96. The van der Waals surface area contributed by atoms with Gasteiger partial charge >= 0.3 is 0 Å². The highest BCUT2D eigenvalue weighted by Gasteiger charge is 2.36. The maximum absolute atomic E-state index is 13.1. The Bertz CT molecular complexity index is 724. The molecule has 1 unspecified atom stereocenters. The fourth-order valence-electron chi connectivity index (χ4n) is 3.50. The van der Waals surface area contributed by atoms with Gasteiger partial charge in [-0.2, -0.15) is 10.1 Å². The SMILES string of the molecule is CCCCCCCCC1C(=O)N(c2ccccc2)N=C1c1ccccc1. The summed E-state index contributed by atoms with van der Waals surface area (Å²) in [4.78, 5) is 13.1. The van der Waals surface area contributed by atoms with Gasteiger partial charge in [0, 0.05) is 0 Å². The van der Waals surface area contributed by atoms with E-state index in [9.17, 15) is 4.79 Å². The second kappa shape index (κ2) is 9.33. The topological polar surface area (TPSA) is 32.7 Å². The lowest BCUT2D eigenvalue weighted by atomic mass is 9.91. The number of amides is 1. The van der Waals surface area contributed by atoms with E-state index in [0.29, 0.717) is 0 Å². The number of hydrogen-bond acceptors (Lipinski definition) is 2. The Morgan fingerprint density at radius 1 is 0.846 bits per heavy atom. The second-order valence-electron chi connectivity index (χ2n) is 6.95. The Morgan fingerprint density at radius 3 is 2.15 bits per heavy atom. The van der Waals surface area contributed by atoms with Crippen LogP contribution in [0.3, 0.4) is 0 Å². The Labute approximate surface area is 156 Å². The first-order valence-corrected chi connectivity index (χ1v) is 9.84. The first-order chi connectivity index (χ1) is 12.8. The van der Waals surface area contributed by atoms with E-state index in [4.69, 9.17) is 5.10 Å². The number of hydrazone groups is 1. The van der Waals surface area contributed by atoms with Gasteiger partial charge in [0.1, 0.15) is 0 Å². The normalized spacial score (nSPS) is 16.8. The number of hydrogen-bond donors (Lipinski definition) is 0. The van der Waals surface area contributed by atoms with Gasteiger partial charge in [-0.15, -0.1) is 0 Å². The standard InChI is InChI=1S/C23H28N2O/c1-2-3-4-5-6-13-18-21-22(19-14-9-7-10-15-19)24-25(23(21)26)20-16-11-8-12-17-20/h7-12,14-17,21H,2-6,13,18H2,1H3. The molecule has 1 heterocycles. The van der Waals surface area contributed by atoms with Crippen molar-refractivity contribution in [1.29, 1.82) is 0 Å². The Hall–Kier alpha value is -2.42. The van der Waals surface area contributed by atoms with Gasteiger partial charge < -0.3 is 0 Å². The molecule has 1 atom stereocenters. The zero-order valence-electron chi connectivity index (χ0n) is 15.6. The summed E-state index contributed by atoms with van der Waals surface area (Å²) in [6.07, 6.45) is 8.27. The molecule has 0 saturated heterocycles. The average Bonchev–Trinajstić information content (AvgIpc) is 3.02. The van der Waals surface area contributed by atoms with Crippen LogP contribution in [0, 0.1) is 5.92 Å². The number of unbranched alkanes of at least 4 members (excludes halogenated alkanes) is 5. The number of carbonyl (C=O) groups excluding carboxylic acids is 1. The average molecular weight is 348 g/mol. The third-order valence-electron chi connectivity index (χ3n) is 4.96. The molecular formula is C23H28N2O. The Morgan fingerprint density at radius 2 is 1.46 bits per heavy atom. The minimum absolute atomic E-state index is 0.101. The van der Waals surface area contributed by atoms with Crippen molar-refractivity contribution in [1.82, 2.24) is 0 Å². The van der Waals surface area contributed by atoms with Crippen LogP contribution in [0.5, 0.6) is 0 Å². The summed E-state index contributed by atoms with van der Waals surface area (Å²) in [6.45, 7) is 2.23. The van der Waals surface area contributed by atoms with Crippen molar-refractivity contribution in [2.45, 2.75) is 51.9 Å². The number of carbonyl (C=O) groups is 1. The van der Waals surface area contributed by atoms with Crippen LogP contribution in [0.4, 0.5) is 5.69 Å². The quantitative estimate of drug-likeness (QED) is 0.527. The first-order valence-electron chi connectivity index (χ1n) is 9.84. The van der Waals surface area contributed by atoms with Crippen molar-refractivity contribution in [3.63, 3.8) is 0 Å². The van der Waals surface area contributed by atoms with Crippen LogP contribution in [0.2, 0.25) is 0 Å². The molecular weight excluding hydrogens is 320 g/mol. The van der Waals surface area contributed by atoms with E-state index in [2.05, 4.69) is 19.1 Å². The zero-order chi connectivity index (χ0) is 18.2. The summed E-state index contributed by atoms with van der Waals surface area (Å²) in [5.41, 5.74) is 2.81. The van der Waals surface area contributed by atoms with Crippen LogP contribution >= 0.6 is 0 Å². The minimum atomic E-state index is -0.135. The van der Waals surface area contributed by atoms with Crippen molar-refractivity contribution >= 4 is 17.3 Å². The summed E-state index contributed by atoms with van der Waals surface area (Å²) in [5, 5.41) is 6.31. The molecule has 3 nitrogen and oxygen atoms in total. The number of anilines is 1. The monoisotopic (exact) mass is 348 g/mol. The van der Waals surface area contributed by atoms with Gasteiger partial charge in [0.15, 0.2) is 0 Å². The van der Waals surface area contributed by atoms with Crippen LogP contribution < -0.4 is 5.01 Å². The molecule has 3 heteroatoms. The smallest absolute Gasteiger partial charge is 0.256 e. The van der Waals surface area contributed by atoms with Gasteiger partial charge in [0.25, 0.3) is 5.91 Å². The van der Waals surface area contributed by atoms with Crippen molar-refractivity contribution in [3.8, 4) is 0 Å². The molecule has 2 aromatic rings. The van der Waals surface area contributed by atoms with E-state index in [1.54, 1.807) is 5.01 Å². The summed E-state index contributed by atoms with van der Waals surface area (Å²) in [7, 11) is 0.